The normalized spacial score (nSPS) is 13.6. The molecule has 6 nitrogen and oxygen atoms in total. The minimum atomic E-state index is -0.309. The number of pyridine rings is 1. The Kier molecular flexibility index (Phi) is 7.45. The molecular formula is C25H34BrN3O3. The van der Waals surface area contributed by atoms with Crippen LogP contribution in [0.3, 0.4) is 0 Å². The molecule has 0 bridgehead atoms. The molecule has 3 rings (SSSR count). The Labute approximate surface area is 201 Å². The number of Topliss-reactive ketones (excluding diaryl/α,β-unsaturated/α-hetero) is 1. The number of hydrogen-bond acceptors (Lipinski definition) is 5. The van der Waals surface area contributed by atoms with E-state index in [1.54, 1.807) is 23.2 Å². The van der Waals surface area contributed by atoms with Crippen molar-refractivity contribution in [3.63, 3.8) is 0 Å². The number of aromatic hydroxyl groups is 1. The number of fused-ring (bicyclic) bond motifs is 1. The van der Waals surface area contributed by atoms with Crippen LogP contribution in [0.5, 0.6) is 11.5 Å². The number of nitrogens with zero attached hydrogens (tertiary/aromatic N) is 2. The standard InChI is InChI=1S/C25H33N3O3.BrH/c1-8-31-17-9-16-13-28(23(26)21(16)27-12-17)14-20(29)15-10-18(24(2,3)4)22(30)19(11-15)25(5,6)7;/h9-12,26,30H,8,13-14H2,1-7H3;1H. The lowest BCUT2D eigenvalue weighted by molar-refractivity contribution is 0.0962. The largest absolute Gasteiger partial charge is 0.507 e. The van der Waals surface area contributed by atoms with Crippen molar-refractivity contribution < 1.29 is 14.6 Å². The molecule has 1 aliphatic heterocycles. The molecule has 0 aliphatic carbocycles. The number of phenols is 1. The van der Waals surface area contributed by atoms with Gasteiger partial charge in [-0.3, -0.25) is 10.2 Å². The fraction of sp³-hybridized carbons (Fsp3) is 0.480. The molecule has 0 fully saturated rings. The third-order valence-corrected chi connectivity index (χ3v) is 5.54. The highest BCUT2D eigenvalue weighted by molar-refractivity contribution is 8.93. The van der Waals surface area contributed by atoms with Gasteiger partial charge in [0.1, 0.15) is 23.0 Å². The number of halogens is 1. The topological polar surface area (TPSA) is 86.5 Å². The molecule has 1 aromatic heterocycles. The van der Waals surface area contributed by atoms with Gasteiger partial charge in [0.05, 0.1) is 19.3 Å². The zero-order chi connectivity index (χ0) is 23.1. The lowest BCUT2D eigenvalue weighted by atomic mass is 9.78. The number of nitrogens with one attached hydrogen (secondary N) is 1. The fourth-order valence-electron chi connectivity index (χ4n) is 3.84. The van der Waals surface area contributed by atoms with Crippen LogP contribution in [0.2, 0.25) is 0 Å². The van der Waals surface area contributed by atoms with Crippen molar-refractivity contribution in [2.45, 2.75) is 65.8 Å². The maximum absolute atomic E-state index is 13.3. The highest BCUT2D eigenvalue weighted by atomic mass is 79.9. The van der Waals surface area contributed by atoms with Crippen molar-refractivity contribution in [2.24, 2.45) is 0 Å². The van der Waals surface area contributed by atoms with E-state index in [0.29, 0.717) is 30.2 Å². The van der Waals surface area contributed by atoms with Gasteiger partial charge in [-0.25, -0.2) is 4.98 Å². The van der Waals surface area contributed by atoms with Crippen LogP contribution >= 0.6 is 17.0 Å². The Balaban J connectivity index is 0.00000363. The Bertz CT molecular complexity index is 1000. The average Bonchev–Trinajstić information content (AvgIpc) is 2.95. The zero-order valence-electron chi connectivity index (χ0n) is 20.0. The van der Waals surface area contributed by atoms with Crippen molar-refractivity contribution in [3.05, 3.63) is 52.3 Å². The van der Waals surface area contributed by atoms with E-state index in [1.165, 1.54) is 0 Å². The number of carbonyl (C=O) groups is 1. The molecule has 0 amide bonds. The monoisotopic (exact) mass is 503 g/mol. The van der Waals surface area contributed by atoms with Crippen molar-refractivity contribution in [2.75, 3.05) is 13.2 Å². The summed E-state index contributed by atoms with van der Waals surface area (Å²) < 4.78 is 5.51. The molecule has 0 unspecified atom stereocenters. The number of hydrogen-bond donors (Lipinski definition) is 2. The summed E-state index contributed by atoms with van der Waals surface area (Å²) in [6.45, 7) is 15.1. The van der Waals surface area contributed by atoms with Crippen LogP contribution < -0.4 is 4.74 Å². The molecule has 2 heterocycles. The second-order valence-electron chi connectivity index (χ2n) is 10.2. The van der Waals surface area contributed by atoms with E-state index in [2.05, 4.69) is 4.98 Å². The molecule has 1 aromatic carbocycles. The third kappa shape index (κ3) is 5.14. The van der Waals surface area contributed by atoms with Gasteiger partial charge in [0.2, 0.25) is 0 Å². The van der Waals surface area contributed by atoms with Crippen LogP contribution in [-0.4, -0.2) is 39.8 Å². The number of ether oxygens (including phenoxy) is 1. The first-order chi connectivity index (χ1) is 14.3. The van der Waals surface area contributed by atoms with Crippen molar-refractivity contribution in [1.29, 1.82) is 5.41 Å². The van der Waals surface area contributed by atoms with Gasteiger partial charge < -0.3 is 14.7 Å². The van der Waals surface area contributed by atoms with Gasteiger partial charge in [0.25, 0.3) is 0 Å². The van der Waals surface area contributed by atoms with Crippen LogP contribution in [0.1, 0.15) is 81.2 Å². The molecule has 32 heavy (non-hydrogen) atoms. The summed E-state index contributed by atoms with van der Waals surface area (Å²) in [7, 11) is 0. The zero-order valence-corrected chi connectivity index (χ0v) is 21.7. The van der Waals surface area contributed by atoms with Gasteiger partial charge in [-0.05, 0) is 36.0 Å². The number of amidine groups is 1. The molecule has 2 aromatic rings. The molecule has 0 saturated heterocycles. The molecule has 7 heteroatoms. The minimum Gasteiger partial charge on any atom is -0.507 e. The molecule has 1 aliphatic rings. The molecule has 0 atom stereocenters. The number of rotatable bonds is 5. The first kappa shape index (κ1) is 25.8. The van der Waals surface area contributed by atoms with Crippen LogP contribution in [0, 0.1) is 5.41 Å². The van der Waals surface area contributed by atoms with E-state index in [0.717, 1.165) is 16.7 Å². The summed E-state index contributed by atoms with van der Waals surface area (Å²) in [5.74, 6) is 1.09. The summed E-state index contributed by atoms with van der Waals surface area (Å²) in [5, 5.41) is 19.4. The van der Waals surface area contributed by atoms with Crippen LogP contribution in [-0.2, 0) is 17.4 Å². The van der Waals surface area contributed by atoms with Crippen LogP contribution in [0.25, 0.3) is 0 Å². The van der Waals surface area contributed by atoms with Crippen LogP contribution in [0.4, 0.5) is 0 Å². The summed E-state index contributed by atoms with van der Waals surface area (Å²) in [4.78, 5) is 19.4. The van der Waals surface area contributed by atoms with E-state index in [1.807, 2.05) is 54.5 Å². The summed E-state index contributed by atoms with van der Waals surface area (Å²) in [6.07, 6.45) is 1.62. The van der Waals surface area contributed by atoms with Gasteiger partial charge in [-0.15, -0.1) is 17.0 Å². The fourth-order valence-corrected chi connectivity index (χ4v) is 3.84. The summed E-state index contributed by atoms with van der Waals surface area (Å²) in [6, 6.07) is 5.48. The van der Waals surface area contributed by atoms with Crippen LogP contribution in [0.15, 0.2) is 24.4 Å². The Morgan fingerprint density at radius 2 is 1.69 bits per heavy atom. The molecule has 174 valence electrons. The SMILES string of the molecule is Br.CCOc1cnc2c(c1)CN(CC(=O)c1cc(C(C)(C)C)c(O)c(C(C)(C)C)c1)C2=N. The summed E-state index contributed by atoms with van der Waals surface area (Å²) >= 11 is 0. The van der Waals surface area contributed by atoms with Crippen molar-refractivity contribution in [1.82, 2.24) is 9.88 Å². The van der Waals surface area contributed by atoms with E-state index in [4.69, 9.17) is 10.1 Å². The van der Waals surface area contributed by atoms with Crippen molar-refractivity contribution in [3.8, 4) is 11.5 Å². The van der Waals surface area contributed by atoms with Gasteiger partial charge in [-0.1, -0.05) is 41.5 Å². The van der Waals surface area contributed by atoms with Crippen molar-refractivity contribution >= 4 is 28.6 Å². The average molecular weight is 504 g/mol. The first-order valence-electron chi connectivity index (χ1n) is 10.7. The maximum atomic E-state index is 13.3. The van der Waals surface area contributed by atoms with E-state index >= 15 is 0 Å². The summed E-state index contributed by atoms with van der Waals surface area (Å²) in [5.41, 5.74) is 2.93. The second-order valence-corrected chi connectivity index (χ2v) is 10.2. The van der Waals surface area contributed by atoms with Gasteiger partial charge >= 0.3 is 0 Å². The lowest BCUT2D eigenvalue weighted by Gasteiger charge is -2.28. The molecule has 0 spiro atoms. The van der Waals surface area contributed by atoms with Gasteiger partial charge in [0.15, 0.2) is 5.78 Å². The van der Waals surface area contributed by atoms with E-state index < -0.39 is 0 Å². The predicted molar refractivity (Wildman–Crippen MR) is 133 cm³/mol. The van der Waals surface area contributed by atoms with E-state index in [9.17, 15) is 9.90 Å². The number of phenolic OH excluding ortho intramolecular Hbond substituents is 1. The Hall–Kier alpha value is -2.41. The Morgan fingerprint density at radius 3 is 2.19 bits per heavy atom. The predicted octanol–water partition coefficient (Wildman–Crippen LogP) is 5.38. The van der Waals surface area contributed by atoms with Gasteiger partial charge in [-0.2, -0.15) is 0 Å². The minimum absolute atomic E-state index is 0. The highest BCUT2D eigenvalue weighted by Gasteiger charge is 2.31. The molecule has 2 N–H and O–H groups in total. The number of ketones is 1. The lowest BCUT2D eigenvalue weighted by Crippen LogP contribution is -2.31. The smallest absolute Gasteiger partial charge is 0.182 e. The third-order valence-electron chi connectivity index (χ3n) is 5.54. The molecule has 0 saturated carbocycles. The first-order valence-corrected chi connectivity index (χ1v) is 10.7. The Morgan fingerprint density at radius 1 is 1.12 bits per heavy atom. The second kappa shape index (κ2) is 9.22. The number of carbonyl (C=O) groups excluding carboxylic acids is 1. The highest BCUT2D eigenvalue weighted by Crippen LogP contribution is 2.40. The van der Waals surface area contributed by atoms with E-state index in [-0.39, 0.29) is 51.7 Å². The number of aromatic nitrogens is 1. The molecule has 0 radical (unpaired) electrons. The van der Waals surface area contributed by atoms with Gasteiger partial charge in [0, 0.05) is 28.8 Å². The number of benzene rings is 1. The quantitative estimate of drug-likeness (QED) is 0.534. The maximum Gasteiger partial charge on any atom is 0.182 e. The molecular weight excluding hydrogens is 470 g/mol.